The van der Waals surface area contributed by atoms with Crippen molar-refractivity contribution in [1.29, 1.82) is 0 Å². The Labute approximate surface area is 170 Å². The van der Waals surface area contributed by atoms with Crippen LogP contribution in [0, 0.1) is 5.82 Å². The second-order valence-corrected chi connectivity index (χ2v) is 7.64. The van der Waals surface area contributed by atoms with Crippen LogP contribution < -0.4 is 15.0 Å². The number of anilines is 1. The molecule has 29 heavy (non-hydrogen) atoms. The first-order valence-electron chi connectivity index (χ1n) is 10.3. The van der Waals surface area contributed by atoms with Gasteiger partial charge in [-0.05, 0) is 55.5 Å². The van der Waals surface area contributed by atoms with Gasteiger partial charge < -0.3 is 19.9 Å². The minimum absolute atomic E-state index is 0.0740. The van der Waals surface area contributed by atoms with E-state index in [2.05, 4.69) is 15.2 Å². The summed E-state index contributed by atoms with van der Waals surface area (Å²) < 4.78 is 18.9. The highest BCUT2D eigenvalue weighted by atomic mass is 19.1. The van der Waals surface area contributed by atoms with Crippen LogP contribution in [-0.2, 0) is 6.54 Å². The summed E-state index contributed by atoms with van der Waals surface area (Å²) >= 11 is 0. The Bertz CT molecular complexity index is 799. The first-order valence-corrected chi connectivity index (χ1v) is 10.3. The summed E-state index contributed by atoms with van der Waals surface area (Å²) in [7, 11) is 0. The molecule has 1 saturated carbocycles. The maximum absolute atomic E-state index is 13.1. The molecule has 6 nitrogen and oxygen atoms in total. The van der Waals surface area contributed by atoms with Gasteiger partial charge in [0.25, 0.3) is 0 Å². The third-order valence-corrected chi connectivity index (χ3v) is 5.59. The molecule has 1 aliphatic heterocycles. The molecule has 0 bridgehead atoms. The number of benzene rings is 1. The lowest BCUT2D eigenvalue weighted by Gasteiger charge is -2.36. The summed E-state index contributed by atoms with van der Waals surface area (Å²) in [4.78, 5) is 20.8. The first kappa shape index (κ1) is 19.5. The molecule has 2 fully saturated rings. The first-order chi connectivity index (χ1) is 14.2. The van der Waals surface area contributed by atoms with Gasteiger partial charge in [0.05, 0.1) is 0 Å². The van der Waals surface area contributed by atoms with Crippen LogP contribution in [0.5, 0.6) is 5.88 Å². The zero-order chi connectivity index (χ0) is 20.1. The Kier molecular flexibility index (Phi) is 6.12. The van der Waals surface area contributed by atoms with Crippen LogP contribution in [0.2, 0.25) is 0 Å². The van der Waals surface area contributed by atoms with Crippen LogP contribution in [-0.4, -0.2) is 48.2 Å². The minimum Gasteiger partial charge on any atom is -0.474 e. The van der Waals surface area contributed by atoms with Crippen LogP contribution in [0.3, 0.4) is 0 Å². The number of aromatic nitrogens is 1. The van der Waals surface area contributed by atoms with Crippen LogP contribution in [0.4, 0.5) is 14.9 Å². The molecule has 0 spiro atoms. The predicted octanol–water partition coefficient (Wildman–Crippen LogP) is 3.57. The quantitative estimate of drug-likeness (QED) is 0.837. The highest BCUT2D eigenvalue weighted by Crippen LogP contribution is 2.23. The number of halogens is 1. The Hall–Kier alpha value is -2.83. The second-order valence-electron chi connectivity index (χ2n) is 7.64. The standard InChI is InChI=1S/C22H27FN4O2/c23-18-6-8-19(9-7-18)26-11-13-27(14-12-26)22(28)25-16-17-5-10-21(24-15-17)29-20-3-1-2-4-20/h5-10,15,20H,1-4,11-14,16H2,(H,25,28). The molecule has 1 aromatic heterocycles. The van der Waals surface area contributed by atoms with Crippen molar-refractivity contribution in [2.45, 2.75) is 38.3 Å². The fraction of sp³-hybridized carbons (Fsp3) is 0.455. The summed E-state index contributed by atoms with van der Waals surface area (Å²) in [6.45, 7) is 3.17. The highest BCUT2D eigenvalue weighted by molar-refractivity contribution is 5.74. The van der Waals surface area contributed by atoms with Crippen LogP contribution in [0.1, 0.15) is 31.2 Å². The van der Waals surface area contributed by atoms with E-state index in [1.54, 1.807) is 18.3 Å². The van der Waals surface area contributed by atoms with Crippen molar-refractivity contribution in [3.63, 3.8) is 0 Å². The third-order valence-electron chi connectivity index (χ3n) is 5.59. The molecule has 1 saturated heterocycles. The number of nitrogens with zero attached hydrogens (tertiary/aromatic N) is 3. The fourth-order valence-electron chi connectivity index (χ4n) is 3.87. The number of rotatable bonds is 5. The molecule has 2 aliphatic rings. The molecule has 2 heterocycles. The molecular weight excluding hydrogens is 371 g/mol. The molecule has 1 aromatic carbocycles. The van der Waals surface area contributed by atoms with E-state index in [9.17, 15) is 9.18 Å². The monoisotopic (exact) mass is 398 g/mol. The van der Waals surface area contributed by atoms with Gasteiger partial charge in [0, 0.05) is 50.7 Å². The number of nitrogens with one attached hydrogen (secondary N) is 1. The van der Waals surface area contributed by atoms with Gasteiger partial charge in [0.1, 0.15) is 11.9 Å². The van der Waals surface area contributed by atoms with E-state index in [4.69, 9.17) is 4.74 Å². The summed E-state index contributed by atoms with van der Waals surface area (Å²) in [5, 5.41) is 2.96. The second kappa shape index (κ2) is 9.11. The Morgan fingerprint density at radius 2 is 1.79 bits per heavy atom. The largest absolute Gasteiger partial charge is 0.474 e. The smallest absolute Gasteiger partial charge is 0.317 e. The van der Waals surface area contributed by atoms with E-state index in [0.717, 1.165) is 37.2 Å². The van der Waals surface area contributed by atoms with Crippen molar-refractivity contribution < 1.29 is 13.9 Å². The van der Waals surface area contributed by atoms with Crippen molar-refractivity contribution in [2.24, 2.45) is 0 Å². The maximum atomic E-state index is 13.1. The molecule has 0 atom stereocenters. The van der Waals surface area contributed by atoms with Gasteiger partial charge in [-0.15, -0.1) is 0 Å². The van der Waals surface area contributed by atoms with Crippen molar-refractivity contribution in [3.8, 4) is 5.88 Å². The average molecular weight is 398 g/mol. The molecule has 2 aromatic rings. The highest BCUT2D eigenvalue weighted by Gasteiger charge is 2.21. The maximum Gasteiger partial charge on any atom is 0.317 e. The van der Waals surface area contributed by atoms with Gasteiger partial charge in [-0.3, -0.25) is 0 Å². The molecule has 154 valence electrons. The van der Waals surface area contributed by atoms with E-state index in [-0.39, 0.29) is 11.8 Å². The number of carbonyl (C=O) groups is 1. The van der Waals surface area contributed by atoms with Gasteiger partial charge in [-0.25, -0.2) is 14.2 Å². The Morgan fingerprint density at radius 3 is 2.45 bits per heavy atom. The van der Waals surface area contributed by atoms with Gasteiger partial charge in [0.15, 0.2) is 0 Å². The van der Waals surface area contributed by atoms with Gasteiger partial charge in [0.2, 0.25) is 5.88 Å². The number of piperazine rings is 1. The SMILES string of the molecule is O=C(NCc1ccc(OC2CCCC2)nc1)N1CCN(c2ccc(F)cc2)CC1. The summed E-state index contributed by atoms with van der Waals surface area (Å²) in [5.74, 6) is 0.420. The Morgan fingerprint density at radius 1 is 1.07 bits per heavy atom. The van der Waals surface area contributed by atoms with Crippen molar-refractivity contribution >= 4 is 11.7 Å². The van der Waals surface area contributed by atoms with Gasteiger partial charge in [-0.2, -0.15) is 0 Å². The average Bonchev–Trinajstić information content (AvgIpc) is 3.27. The molecule has 0 unspecified atom stereocenters. The van der Waals surface area contributed by atoms with E-state index >= 15 is 0 Å². The van der Waals surface area contributed by atoms with Crippen molar-refractivity contribution in [1.82, 2.24) is 15.2 Å². The molecule has 2 amide bonds. The van der Waals surface area contributed by atoms with E-state index < -0.39 is 0 Å². The lowest BCUT2D eigenvalue weighted by Crippen LogP contribution is -2.51. The summed E-state index contributed by atoms with van der Waals surface area (Å²) in [5.41, 5.74) is 1.93. The number of ether oxygens (including phenoxy) is 1. The molecule has 4 rings (SSSR count). The molecule has 0 radical (unpaired) electrons. The van der Waals surface area contributed by atoms with E-state index in [0.29, 0.717) is 31.6 Å². The zero-order valence-corrected chi connectivity index (χ0v) is 16.5. The number of urea groups is 1. The predicted molar refractivity (Wildman–Crippen MR) is 110 cm³/mol. The van der Waals surface area contributed by atoms with Crippen LogP contribution in [0.15, 0.2) is 42.6 Å². The minimum atomic E-state index is -0.237. The fourth-order valence-corrected chi connectivity index (χ4v) is 3.87. The molecule has 1 aliphatic carbocycles. The van der Waals surface area contributed by atoms with E-state index in [1.165, 1.54) is 25.0 Å². The summed E-state index contributed by atoms with van der Waals surface area (Å²) in [6, 6.07) is 10.2. The molecular formula is C22H27FN4O2. The number of hydrogen-bond donors (Lipinski definition) is 1. The zero-order valence-electron chi connectivity index (χ0n) is 16.5. The van der Waals surface area contributed by atoms with Gasteiger partial charge in [-0.1, -0.05) is 6.07 Å². The molecule has 7 heteroatoms. The number of carbonyl (C=O) groups excluding carboxylic acids is 1. The molecule has 1 N–H and O–H groups in total. The number of amides is 2. The van der Waals surface area contributed by atoms with Crippen molar-refractivity contribution in [3.05, 3.63) is 54.0 Å². The number of hydrogen-bond acceptors (Lipinski definition) is 4. The third kappa shape index (κ3) is 5.16. The lowest BCUT2D eigenvalue weighted by atomic mass is 10.2. The summed E-state index contributed by atoms with van der Waals surface area (Å²) in [6.07, 6.45) is 6.72. The lowest BCUT2D eigenvalue weighted by molar-refractivity contribution is 0.194. The van der Waals surface area contributed by atoms with Crippen LogP contribution >= 0.6 is 0 Å². The van der Waals surface area contributed by atoms with Gasteiger partial charge >= 0.3 is 6.03 Å². The van der Waals surface area contributed by atoms with Crippen molar-refractivity contribution in [2.75, 3.05) is 31.1 Å². The normalized spacial score (nSPS) is 17.4. The van der Waals surface area contributed by atoms with Crippen LogP contribution in [0.25, 0.3) is 0 Å². The topological polar surface area (TPSA) is 57.7 Å². The Balaban J connectivity index is 1.21. The number of pyridine rings is 1. The van der Waals surface area contributed by atoms with E-state index in [1.807, 2.05) is 17.0 Å².